The van der Waals surface area contributed by atoms with Crippen LogP contribution in [0.15, 0.2) is 60.4 Å². The quantitative estimate of drug-likeness (QED) is 0.507. The molecule has 1 aromatic heterocycles. The van der Waals surface area contributed by atoms with Gasteiger partial charge in [-0.3, -0.25) is 9.59 Å². The number of aromatic nitrogens is 1. The number of fused-ring (bicyclic) bond motifs is 1. The van der Waals surface area contributed by atoms with Crippen molar-refractivity contribution in [1.82, 2.24) is 20.1 Å². The van der Waals surface area contributed by atoms with Gasteiger partial charge >= 0.3 is 0 Å². The van der Waals surface area contributed by atoms with E-state index in [0.717, 1.165) is 41.7 Å². The van der Waals surface area contributed by atoms with Gasteiger partial charge in [-0.2, -0.15) is 0 Å². The van der Waals surface area contributed by atoms with Crippen LogP contribution in [0.3, 0.4) is 0 Å². The number of carbonyl (C=O) groups is 2. The van der Waals surface area contributed by atoms with Gasteiger partial charge in [0.1, 0.15) is 5.70 Å². The Kier molecular flexibility index (Phi) is 7.84. The number of para-hydroxylation sites is 1. The zero-order chi connectivity index (χ0) is 23.1. The predicted molar refractivity (Wildman–Crippen MR) is 130 cm³/mol. The molecule has 3 rings (SSSR count). The largest absolute Gasteiger partial charge is 0.350 e. The van der Waals surface area contributed by atoms with Crippen LogP contribution in [0, 0.1) is 6.92 Å². The molecule has 0 atom stereocenters. The Labute approximate surface area is 189 Å². The maximum atomic E-state index is 13.1. The summed E-state index contributed by atoms with van der Waals surface area (Å²) in [5.74, 6) is -0.610. The fourth-order valence-electron chi connectivity index (χ4n) is 3.66. The van der Waals surface area contributed by atoms with Crippen molar-refractivity contribution in [3.8, 4) is 0 Å². The molecule has 6 nitrogen and oxygen atoms in total. The predicted octanol–water partition coefficient (Wildman–Crippen LogP) is 3.72. The molecule has 2 amide bonds. The number of benzene rings is 2. The third-order valence-corrected chi connectivity index (χ3v) is 5.64. The summed E-state index contributed by atoms with van der Waals surface area (Å²) in [7, 11) is 1.97. The molecule has 0 spiro atoms. The fraction of sp³-hybridized carbons (Fsp3) is 0.308. The maximum Gasteiger partial charge on any atom is 0.267 e. The molecule has 3 aromatic rings. The summed E-state index contributed by atoms with van der Waals surface area (Å²) < 4.78 is 2.01. The minimum absolute atomic E-state index is 0.228. The van der Waals surface area contributed by atoms with Gasteiger partial charge in [0.15, 0.2) is 0 Å². The molecule has 2 aromatic carbocycles. The maximum absolute atomic E-state index is 13.1. The van der Waals surface area contributed by atoms with Gasteiger partial charge in [-0.15, -0.1) is 0 Å². The summed E-state index contributed by atoms with van der Waals surface area (Å²) in [5, 5.41) is 6.80. The highest BCUT2D eigenvalue weighted by molar-refractivity contribution is 6.06. The van der Waals surface area contributed by atoms with Gasteiger partial charge in [-0.1, -0.05) is 49.7 Å². The highest BCUT2D eigenvalue weighted by Crippen LogP contribution is 2.22. The second-order valence-electron chi connectivity index (χ2n) is 7.87. The number of amides is 2. The second-order valence-corrected chi connectivity index (χ2v) is 7.87. The standard InChI is InChI=1S/C26H32N4O2/c1-5-30(6-2)16-15-27-26(32)23(28-25(31)20-13-11-19(3)12-14-20)17-21-18-29(4)24-10-8-7-9-22(21)24/h7-14,17-18H,5-6,15-16H2,1-4H3,(H,27,32)(H,28,31)/b23-17+. The van der Waals surface area contributed by atoms with Crippen LogP contribution in [-0.4, -0.2) is 47.5 Å². The van der Waals surface area contributed by atoms with Crippen LogP contribution in [0.25, 0.3) is 17.0 Å². The molecular weight excluding hydrogens is 400 g/mol. The molecule has 6 heteroatoms. The third kappa shape index (κ3) is 5.65. The zero-order valence-corrected chi connectivity index (χ0v) is 19.3. The van der Waals surface area contributed by atoms with Crippen molar-refractivity contribution in [2.24, 2.45) is 7.05 Å². The number of aryl methyl sites for hydroxylation is 2. The molecule has 2 N–H and O–H groups in total. The molecule has 32 heavy (non-hydrogen) atoms. The van der Waals surface area contributed by atoms with E-state index >= 15 is 0 Å². The minimum Gasteiger partial charge on any atom is -0.350 e. The summed E-state index contributed by atoms with van der Waals surface area (Å²) in [5.41, 5.74) is 3.75. The summed E-state index contributed by atoms with van der Waals surface area (Å²) in [4.78, 5) is 28.1. The van der Waals surface area contributed by atoms with Crippen LogP contribution in [0.4, 0.5) is 0 Å². The molecular formula is C26H32N4O2. The van der Waals surface area contributed by atoms with E-state index in [-0.39, 0.29) is 17.5 Å². The van der Waals surface area contributed by atoms with Gasteiger partial charge in [0.2, 0.25) is 0 Å². The van der Waals surface area contributed by atoms with Crippen molar-refractivity contribution < 1.29 is 9.59 Å². The first kappa shape index (κ1) is 23.3. The van der Waals surface area contributed by atoms with Crippen molar-refractivity contribution in [1.29, 1.82) is 0 Å². The molecule has 168 valence electrons. The molecule has 0 unspecified atom stereocenters. The number of nitrogens with one attached hydrogen (secondary N) is 2. The van der Waals surface area contributed by atoms with Crippen LogP contribution in [0.2, 0.25) is 0 Å². The van der Waals surface area contributed by atoms with Crippen LogP contribution >= 0.6 is 0 Å². The van der Waals surface area contributed by atoms with Crippen molar-refractivity contribution >= 4 is 28.8 Å². The van der Waals surface area contributed by atoms with E-state index in [1.165, 1.54) is 0 Å². The van der Waals surface area contributed by atoms with E-state index in [0.29, 0.717) is 12.1 Å². The Morgan fingerprint density at radius 2 is 1.72 bits per heavy atom. The topological polar surface area (TPSA) is 66.4 Å². The first-order chi connectivity index (χ1) is 15.4. The Balaban J connectivity index is 1.87. The van der Waals surface area contributed by atoms with Gasteiger partial charge in [-0.05, 0) is 44.3 Å². The third-order valence-electron chi connectivity index (χ3n) is 5.64. The van der Waals surface area contributed by atoms with Crippen molar-refractivity contribution in [3.05, 3.63) is 77.1 Å². The Morgan fingerprint density at radius 1 is 1.03 bits per heavy atom. The van der Waals surface area contributed by atoms with Gasteiger partial charge in [0.25, 0.3) is 11.8 Å². The molecule has 1 heterocycles. The summed E-state index contributed by atoms with van der Waals surface area (Å²) >= 11 is 0. The van der Waals surface area contributed by atoms with Gasteiger partial charge in [0, 0.05) is 48.4 Å². The lowest BCUT2D eigenvalue weighted by Crippen LogP contribution is -2.39. The number of nitrogens with zero attached hydrogens (tertiary/aromatic N) is 2. The monoisotopic (exact) mass is 432 g/mol. The van der Waals surface area contributed by atoms with Crippen molar-refractivity contribution in [2.45, 2.75) is 20.8 Å². The number of hydrogen-bond acceptors (Lipinski definition) is 3. The first-order valence-electron chi connectivity index (χ1n) is 11.1. The molecule has 0 fully saturated rings. The van der Waals surface area contributed by atoms with Gasteiger partial charge < -0.3 is 20.1 Å². The van der Waals surface area contributed by atoms with Gasteiger partial charge in [-0.25, -0.2) is 0 Å². The van der Waals surface area contributed by atoms with Gasteiger partial charge in [0.05, 0.1) is 0 Å². The van der Waals surface area contributed by atoms with E-state index in [1.807, 2.05) is 61.1 Å². The Bertz CT molecular complexity index is 1110. The van der Waals surface area contributed by atoms with Crippen molar-refractivity contribution in [3.63, 3.8) is 0 Å². The van der Waals surface area contributed by atoms with Crippen molar-refractivity contribution in [2.75, 3.05) is 26.2 Å². The molecule has 0 saturated heterocycles. The molecule has 0 aliphatic rings. The number of likely N-dealkylation sites (N-methyl/N-ethyl adjacent to an activating group) is 1. The van der Waals surface area contributed by atoms with Crippen LogP contribution in [0.1, 0.15) is 35.3 Å². The molecule has 0 bridgehead atoms. The number of carbonyl (C=O) groups excluding carboxylic acids is 2. The minimum atomic E-state index is -0.310. The average molecular weight is 433 g/mol. The molecule has 0 saturated carbocycles. The number of rotatable bonds is 9. The Morgan fingerprint density at radius 3 is 2.41 bits per heavy atom. The summed E-state index contributed by atoms with van der Waals surface area (Å²) in [6, 6.07) is 15.3. The van der Waals surface area contributed by atoms with E-state index in [2.05, 4.69) is 29.4 Å². The lowest BCUT2D eigenvalue weighted by atomic mass is 10.1. The lowest BCUT2D eigenvalue weighted by Gasteiger charge is -2.18. The second kappa shape index (κ2) is 10.8. The number of hydrogen-bond donors (Lipinski definition) is 2. The highest BCUT2D eigenvalue weighted by atomic mass is 16.2. The molecule has 0 radical (unpaired) electrons. The summed E-state index contributed by atoms with van der Waals surface area (Å²) in [6.07, 6.45) is 3.72. The highest BCUT2D eigenvalue weighted by Gasteiger charge is 2.16. The average Bonchev–Trinajstić information content (AvgIpc) is 3.12. The van der Waals surface area contributed by atoms with E-state index in [1.54, 1.807) is 18.2 Å². The van der Waals surface area contributed by atoms with Crippen LogP contribution in [-0.2, 0) is 11.8 Å². The molecule has 0 aliphatic heterocycles. The Hall–Kier alpha value is -3.38. The lowest BCUT2D eigenvalue weighted by molar-refractivity contribution is -0.117. The summed E-state index contributed by atoms with van der Waals surface area (Å²) in [6.45, 7) is 9.28. The fourth-order valence-corrected chi connectivity index (χ4v) is 3.66. The van der Waals surface area contributed by atoms with E-state index in [9.17, 15) is 9.59 Å². The molecule has 0 aliphatic carbocycles. The SMILES string of the molecule is CCN(CC)CCNC(=O)/C(=C\c1cn(C)c2ccccc12)NC(=O)c1ccc(C)cc1. The van der Waals surface area contributed by atoms with Crippen LogP contribution in [0.5, 0.6) is 0 Å². The first-order valence-corrected chi connectivity index (χ1v) is 11.1. The normalized spacial score (nSPS) is 11.7. The zero-order valence-electron chi connectivity index (χ0n) is 19.3. The van der Waals surface area contributed by atoms with E-state index in [4.69, 9.17) is 0 Å². The smallest absolute Gasteiger partial charge is 0.267 e. The van der Waals surface area contributed by atoms with Crippen LogP contribution < -0.4 is 10.6 Å². The van der Waals surface area contributed by atoms with E-state index < -0.39 is 0 Å².